The van der Waals surface area contributed by atoms with Crippen LogP contribution in [0.5, 0.6) is 0 Å². The smallest absolute Gasteiger partial charge is 0.142 e. The average molecular weight is 166 g/mol. The summed E-state index contributed by atoms with van der Waals surface area (Å²) in [7, 11) is 0. The largest absolute Gasteiger partial charge is 0.299 e. The molecule has 0 amide bonds. The summed E-state index contributed by atoms with van der Waals surface area (Å²) < 4.78 is 0. The fraction of sp³-hybridized carbons (Fsp3) is 0.545. The predicted molar refractivity (Wildman–Crippen MR) is 53.0 cm³/mol. The molecule has 0 heterocycles. The zero-order valence-electron chi connectivity index (χ0n) is 8.26. The Morgan fingerprint density at radius 2 is 2.00 bits per heavy atom. The van der Waals surface area contributed by atoms with E-state index >= 15 is 0 Å². The second-order valence-corrected chi connectivity index (χ2v) is 3.49. The van der Waals surface area contributed by atoms with E-state index in [1.807, 2.05) is 6.92 Å². The minimum Gasteiger partial charge on any atom is -0.299 e. The van der Waals surface area contributed by atoms with Crippen molar-refractivity contribution in [2.24, 2.45) is 5.92 Å². The molecule has 0 bridgehead atoms. The summed E-state index contributed by atoms with van der Waals surface area (Å²) >= 11 is 0. The van der Waals surface area contributed by atoms with E-state index in [9.17, 15) is 4.79 Å². The van der Waals surface area contributed by atoms with Gasteiger partial charge in [-0.1, -0.05) is 25.0 Å². The van der Waals surface area contributed by atoms with Crippen LogP contribution in [0, 0.1) is 5.92 Å². The number of carbonyl (C=O) groups is 1. The van der Waals surface area contributed by atoms with Crippen molar-refractivity contribution < 1.29 is 4.79 Å². The van der Waals surface area contributed by atoms with Crippen LogP contribution in [-0.4, -0.2) is 6.29 Å². The van der Waals surface area contributed by atoms with Crippen molar-refractivity contribution in [2.45, 2.75) is 33.6 Å². The molecular weight excluding hydrogens is 148 g/mol. The van der Waals surface area contributed by atoms with Gasteiger partial charge < -0.3 is 0 Å². The molecular formula is C11H18O. The molecule has 0 aliphatic rings. The molecule has 0 rings (SSSR count). The van der Waals surface area contributed by atoms with E-state index in [4.69, 9.17) is 0 Å². The normalized spacial score (nSPS) is 11.8. The SMILES string of the molecule is C=C(C)CC/C(=C\C=O)C(C)C. The first kappa shape index (κ1) is 11.2. The molecule has 0 fully saturated rings. The van der Waals surface area contributed by atoms with Crippen molar-refractivity contribution in [2.75, 3.05) is 0 Å². The lowest BCUT2D eigenvalue weighted by atomic mass is 9.97. The maximum atomic E-state index is 10.3. The van der Waals surface area contributed by atoms with Crippen molar-refractivity contribution in [3.63, 3.8) is 0 Å². The molecule has 0 aliphatic carbocycles. The van der Waals surface area contributed by atoms with Gasteiger partial charge in [0.1, 0.15) is 6.29 Å². The van der Waals surface area contributed by atoms with Crippen LogP contribution in [0.3, 0.4) is 0 Å². The first-order chi connectivity index (χ1) is 5.57. The molecule has 0 N–H and O–H groups in total. The Morgan fingerprint density at radius 1 is 1.42 bits per heavy atom. The van der Waals surface area contributed by atoms with Gasteiger partial charge >= 0.3 is 0 Å². The zero-order valence-corrected chi connectivity index (χ0v) is 8.26. The van der Waals surface area contributed by atoms with E-state index in [1.54, 1.807) is 6.08 Å². The molecule has 0 saturated carbocycles. The number of allylic oxidation sites excluding steroid dienone is 3. The van der Waals surface area contributed by atoms with Crippen LogP contribution in [-0.2, 0) is 4.79 Å². The quantitative estimate of drug-likeness (QED) is 0.348. The van der Waals surface area contributed by atoms with E-state index in [0.717, 1.165) is 19.1 Å². The number of rotatable bonds is 5. The molecule has 0 spiro atoms. The van der Waals surface area contributed by atoms with Crippen molar-refractivity contribution in [3.05, 3.63) is 23.8 Å². The fourth-order valence-electron chi connectivity index (χ4n) is 1.01. The minimum atomic E-state index is 0.467. The molecule has 0 unspecified atom stereocenters. The summed E-state index contributed by atoms with van der Waals surface area (Å²) in [5, 5.41) is 0. The lowest BCUT2D eigenvalue weighted by molar-refractivity contribution is -0.104. The third-order valence-electron chi connectivity index (χ3n) is 1.86. The van der Waals surface area contributed by atoms with Crippen LogP contribution in [0.1, 0.15) is 33.6 Å². The number of hydrogen-bond acceptors (Lipinski definition) is 1. The number of hydrogen-bond donors (Lipinski definition) is 0. The van der Waals surface area contributed by atoms with E-state index in [-0.39, 0.29) is 0 Å². The van der Waals surface area contributed by atoms with Crippen molar-refractivity contribution in [1.82, 2.24) is 0 Å². The minimum absolute atomic E-state index is 0.467. The van der Waals surface area contributed by atoms with Crippen LogP contribution >= 0.6 is 0 Å². The molecule has 1 nitrogen and oxygen atoms in total. The van der Waals surface area contributed by atoms with Crippen LogP contribution in [0.2, 0.25) is 0 Å². The van der Waals surface area contributed by atoms with Gasteiger partial charge in [-0.05, 0) is 31.8 Å². The topological polar surface area (TPSA) is 17.1 Å². The highest BCUT2D eigenvalue weighted by atomic mass is 16.1. The maximum absolute atomic E-state index is 10.3. The second kappa shape index (κ2) is 5.76. The van der Waals surface area contributed by atoms with Gasteiger partial charge in [0, 0.05) is 0 Å². The molecule has 0 atom stereocenters. The Labute approximate surface area is 75.2 Å². The van der Waals surface area contributed by atoms with Crippen molar-refractivity contribution >= 4 is 6.29 Å². The van der Waals surface area contributed by atoms with Gasteiger partial charge in [-0.15, -0.1) is 6.58 Å². The second-order valence-electron chi connectivity index (χ2n) is 3.49. The molecule has 0 radical (unpaired) electrons. The summed E-state index contributed by atoms with van der Waals surface area (Å²) in [6, 6.07) is 0. The van der Waals surface area contributed by atoms with Gasteiger partial charge in [0.05, 0.1) is 0 Å². The Hall–Kier alpha value is -0.850. The highest BCUT2D eigenvalue weighted by Crippen LogP contribution is 2.17. The lowest BCUT2D eigenvalue weighted by Crippen LogP contribution is -1.95. The average Bonchev–Trinajstić information content (AvgIpc) is 1.96. The van der Waals surface area contributed by atoms with Crippen molar-refractivity contribution in [1.29, 1.82) is 0 Å². The molecule has 68 valence electrons. The standard InChI is InChI=1S/C11H18O/c1-9(2)5-6-11(7-8-12)10(3)4/h7-8,10H,1,5-6H2,2-4H3/b11-7+. The molecule has 0 aromatic rings. The molecule has 0 aromatic heterocycles. The maximum Gasteiger partial charge on any atom is 0.142 e. The summed E-state index contributed by atoms with van der Waals surface area (Å²) in [5.41, 5.74) is 2.39. The Balaban J connectivity index is 4.05. The lowest BCUT2D eigenvalue weighted by Gasteiger charge is -2.09. The third-order valence-corrected chi connectivity index (χ3v) is 1.86. The highest BCUT2D eigenvalue weighted by Gasteiger charge is 2.02. The van der Waals surface area contributed by atoms with Gasteiger partial charge in [0.2, 0.25) is 0 Å². The zero-order chi connectivity index (χ0) is 9.56. The fourth-order valence-corrected chi connectivity index (χ4v) is 1.01. The summed E-state index contributed by atoms with van der Waals surface area (Å²) in [6.45, 7) is 10.1. The monoisotopic (exact) mass is 166 g/mol. The van der Waals surface area contributed by atoms with Gasteiger partial charge in [-0.3, -0.25) is 4.79 Å². The predicted octanol–water partition coefficient (Wildman–Crippen LogP) is 3.12. The van der Waals surface area contributed by atoms with Gasteiger partial charge in [0.15, 0.2) is 0 Å². The summed E-state index contributed by atoms with van der Waals surface area (Å²) in [6.07, 6.45) is 4.49. The number of aldehydes is 1. The van der Waals surface area contributed by atoms with Gasteiger partial charge in [-0.2, -0.15) is 0 Å². The van der Waals surface area contributed by atoms with E-state index in [0.29, 0.717) is 5.92 Å². The molecule has 12 heavy (non-hydrogen) atoms. The Kier molecular flexibility index (Phi) is 5.35. The van der Waals surface area contributed by atoms with Crippen molar-refractivity contribution in [3.8, 4) is 0 Å². The molecule has 0 aliphatic heterocycles. The summed E-state index contributed by atoms with van der Waals surface area (Å²) in [5.74, 6) is 0.467. The van der Waals surface area contributed by atoms with Crippen LogP contribution in [0.15, 0.2) is 23.8 Å². The molecule has 1 heteroatoms. The number of carbonyl (C=O) groups excluding carboxylic acids is 1. The molecule has 0 aromatic carbocycles. The van der Waals surface area contributed by atoms with E-state index < -0.39 is 0 Å². The first-order valence-corrected chi connectivity index (χ1v) is 4.36. The molecule has 0 saturated heterocycles. The van der Waals surface area contributed by atoms with E-state index in [2.05, 4.69) is 20.4 Å². The van der Waals surface area contributed by atoms with Gasteiger partial charge in [-0.25, -0.2) is 0 Å². The Bertz CT molecular complexity index is 187. The first-order valence-electron chi connectivity index (χ1n) is 4.36. The van der Waals surface area contributed by atoms with Crippen LogP contribution in [0.25, 0.3) is 0 Å². The highest BCUT2D eigenvalue weighted by molar-refractivity contribution is 5.66. The van der Waals surface area contributed by atoms with Gasteiger partial charge in [0.25, 0.3) is 0 Å². The van der Waals surface area contributed by atoms with E-state index in [1.165, 1.54) is 11.1 Å². The Morgan fingerprint density at radius 3 is 2.33 bits per heavy atom. The van der Waals surface area contributed by atoms with Crippen LogP contribution in [0.4, 0.5) is 0 Å². The van der Waals surface area contributed by atoms with Crippen LogP contribution < -0.4 is 0 Å². The third kappa shape index (κ3) is 4.89. The summed E-state index contributed by atoms with van der Waals surface area (Å²) in [4.78, 5) is 10.3.